The van der Waals surface area contributed by atoms with Gasteiger partial charge in [0.25, 0.3) is 0 Å². The van der Waals surface area contributed by atoms with E-state index in [2.05, 4.69) is 15.5 Å². The summed E-state index contributed by atoms with van der Waals surface area (Å²) >= 11 is 2.05. The van der Waals surface area contributed by atoms with Gasteiger partial charge in [-0.15, -0.1) is 0 Å². The number of rotatable bonds is 4. The van der Waals surface area contributed by atoms with Crippen molar-refractivity contribution >= 4 is 45.8 Å². The summed E-state index contributed by atoms with van der Waals surface area (Å²) in [5, 5.41) is 14.1. The summed E-state index contributed by atoms with van der Waals surface area (Å²) in [6.07, 6.45) is 1.66. The number of hydrazone groups is 1. The zero-order valence-electron chi connectivity index (χ0n) is 12.6. The largest absolute Gasteiger partial charge is 0.504 e. The van der Waals surface area contributed by atoms with Crippen molar-refractivity contribution in [2.24, 2.45) is 12.1 Å². The topological polar surface area (TPSA) is 71.7 Å². The lowest BCUT2D eigenvalue weighted by molar-refractivity contribution is 0.371. The van der Waals surface area contributed by atoms with Crippen molar-refractivity contribution in [3.63, 3.8) is 0 Å². The van der Waals surface area contributed by atoms with Crippen LogP contribution >= 0.6 is 22.6 Å². The molecule has 3 rings (SSSR count). The van der Waals surface area contributed by atoms with Crippen LogP contribution < -0.4 is 10.2 Å². The number of aromatic nitrogens is 2. The van der Waals surface area contributed by atoms with Crippen molar-refractivity contribution < 1.29 is 9.84 Å². The molecule has 0 fully saturated rings. The molecule has 0 unspecified atom stereocenters. The van der Waals surface area contributed by atoms with Gasteiger partial charge in [0.1, 0.15) is 0 Å². The lowest BCUT2D eigenvalue weighted by Gasteiger charge is -2.06. The van der Waals surface area contributed by atoms with Crippen molar-refractivity contribution in [3.05, 3.63) is 45.5 Å². The van der Waals surface area contributed by atoms with Crippen molar-refractivity contribution in [3.8, 4) is 11.5 Å². The van der Waals surface area contributed by atoms with Gasteiger partial charge in [-0.3, -0.25) is 0 Å². The molecule has 0 saturated heterocycles. The molecular formula is C16H15IN4O2. The summed E-state index contributed by atoms with van der Waals surface area (Å²) in [5.74, 6) is 1.21. The minimum absolute atomic E-state index is 0.133. The fourth-order valence-corrected chi connectivity index (χ4v) is 2.86. The molecule has 0 bridgehead atoms. The van der Waals surface area contributed by atoms with Crippen molar-refractivity contribution in [2.45, 2.75) is 0 Å². The summed E-state index contributed by atoms with van der Waals surface area (Å²) in [6, 6.07) is 11.4. The van der Waals surface area contributed by atoms with Gasteiger partial charge in [-0.2, -0.15) is 5.10 Å². The van der Waals surface area contributed by atoms with Gasteiger partial charge < -0.3 is 14.4 Å². The summed E-state index contributed by atoms with van der Waals surface area (Å²) in [6.45, 7) is 0. The zero-order chi connectivity index (χ0) is 16.4. The number of phenols is 1. The molecule has 1 aromatic heterocycles. The Morgan fingerprint density at radius 1 is 1.35 bits per heavy atom. The van der Waals surface area contributed by atoms with Gasteiger partial charge in [0.05, 0.1) is 27.9 Å². The molecule has 0 radical (unpaired) electrons. The molecule has 0 saturated carbocycles. The molecule has 7 heteroatoms. The van der Waals surface area contributed by atoms with Gasteiger partial charge >= 0.3 is 0 Å². The van der Waals surface area contributed by atoms with E-state index < -0.39 is 0 Å². The fourth-order valence-electron chi connectivity index (χ4n) is 2.23. The first kappa shape index (κ1) is 15.6. The molecule has 0 aliphatic rings. The SMILES string of the molecule is COc1cc(/C=N\Nc2nc3ccccc3n2C)cc(I)c1O. The number of aromatic hydroxyl groups is 1. The molecule has 23 heavy (non-hydrogen) atoms. The predicted octanol–water partition coefficient (Wildman–Crippen LogP) is 3.34. The number of hydrogen-bond acceptors (Lipinski definition) is 5. The predicted molar refractivity (Wildman–Crippen MR) is 99.3 cm³/mol. The average molecular weight is 422 g/mol. The molecule has 0 spiro atoms. The molecule has 0 atom stereocenters. The van der Waals surface area contributed by atoms with Crippen molar-refractivity contribution in [2.75, 3.05) is 12.5 Å². The highest BCUT2D eigenvalue weighted by Gasteiger charge is 2.08. The van der Waals surface area contributed by atoms with Crippen LogP contribution in [-0.2, 0) is 7.05 Å². The first-order valence-electron chi connectivity index (χ1n) is 6.87. The molecule has 3 aromatic rings. The summed E-state index contributed by atoms with van der Waals surface area (Å²) in [7, 11) is 3.45. The third kappa shape index (κ3) is 3.09. The van der Waals surface area contributed by atoms with E-state index in [1.807, 2.05) is 64.5 Å². The normalized spacial score (nSPS) is 11.3. The van der Waals surface area contributed by atoms with E-state index in [1.54, 1.807) is 12.3 Å². The number of nitrogens with one attached hydrogen (secondary N) is 1. The van der Waals surface area contributed by atoms with E-state index in [0.29, 0.717) is 15.3 Å². The minimum Gasteiger partial charge on any atom is -0.504 e. The van der Waals surface area contributed by atoms with E-state index in [-0.39, 0.29) is 5.75 Å². The second kappa shape index (κ2) is 6.45. The molecule has 6 nitrogen and oxygen atoms in total. The lowest BCUT2D eigenvalue weighted by Crippen LogP contribution is -1.99. The summed E-state index contributed by atoms with van der Waals surface area (Å²) in [5.41, 5.74) is 5.70. The van der Waals surface area contributed by atoms with Crippen LogP contribution in [-0.4, -0.2) is 28.0 Å². The van der Waals surface area contributed by atoms with E-state index >= 15 is 0 Å². The van der Waals surface area contributed by atoms with Crippen LogP contribution in [0, 0.1) is 3.57 Å². The number of aryl methyl sites for hydroxylation is 1. The van der Waals surface area contributed by atoms with Gasteiger partial charge in [-0.1, -0.05) is 12.1 Å². The lowest BCUT2D eigenvalue weighted by atomic mass is 10.2. The smallest absolute Gasteiger partial charge is 0.224 e. The Balaban J connectivity index is 1.83. The number of imidazole rings is 1. The number of anilines is 1. The number of methoxy groups -OCH3 is 1. The third-order valence-electron chi connectivity index (χ3n) is 3.44. The van der Waals surface area contributed by atoms with Gasteiger partial charge in [0.2, 0.25) is 5.95 Å². The number of nitrogens with zero attached hydrogens (tertiary/aromatic N) is 3. The number of para-hydroxylation sites is 2. The number of phenolic OH excluding ortho intramolecular Hbond substituents is 1. The van der Waals surface area contributed by atoms with Crippen LogP contribution in [0.4, 0.5) is 5.95 Å². The van der Waals surface area contributed by atoms with E-state index in [0.717, 1.165) is 16.6 Å². The zero-order valence-corrected chi connectivity index (χ0v) is 14.8. The average Bonchev–Trinajstić information content (AvgIpc) is 2.87. The molecular weight excluding hydrogens is 407 g/mol. The van der Waals surface area contributed by atoms with Crippen LogP contribution in [0.15, 0.2) is 41.5 Å². The highest BCUT2D eigenvalue weighted by molar-refractivity contribution is 14.1. The quantitative estimate of drug-likeness (QED) is 0.385. The summed E-state index contributed by atoms with van der Waals surface area (Å²) < 4.78 is 7.78. The maximum absolute atomic E-state index is 9.84. The second-order valence-electron chi connectivity index (χ2n) is 4.91. The monoisotopic (exact) mass is 422 g/mol. The Hall–Kier alpha value is -2.29. The first-order chi connectivity index (χ1) is 11.1. The molecule has 1 heterocycles. The van der Waals surface area contributed by atoms with Crippen LogP contribution in [0.25, 0.3) is 11.0 Å². The Kier molecular flexibility index (Phi) is 4.37. The molecule has 0 amide bonds. The van der Waals surface area contributed by atoms with Crippen molar-refractivity contribution in [1.82, 2.24) is 9.55 Å². The van der Waals surface area contributed by atoms with Gasteiger partial charge in [0.15, 0.2) is 11.5 Å². The first-order valence-corrected chi connectivity index (χ1v) is 7.95. The standard InChI is InChI=1S/C16H15IN4O2/c1-21-13-6-4-3-5-12(13)19-16(21)20-18-9-10-7-11(17)15(22)14(8-10)23-2/h3-9,22H,1-2H3,(H,19,20)/b18-9-. The number of fused-ring (bicyclic) bond motifs is 1. The second-order valence-corrected chi connectivity index (χ2v) is 6.07. The van der Waals surface area contributed by atoms with E-state index in [9.17, 15) is 5.11 Å². The molecule has 118 valence electrons. The van der Waals surface area contributed by atoms with Crippen molar-refractivity contribution in [1.29, 1.82) is 0 Å². The van der Waals surface area contributed by atoms with Crippen LogP contribution in [0.3, 0.4) is 0 Å². The number of halogens is 1. The maximum Gasteiger partial charge on any atom is 0.224 e. The van der Waals surface area contributed by atoms with Crippen LogP contribution in [0.1, 0.15) is 5.56 Å². The number of ether oxygens (including phenoxy) is 1. The van der Waals surface area contributed by atoms with Gasteiger partial charge in [0, 0.05) is 7.05 Å². The Labute approximate surface area is 146 Å². The van der Waals surface area contributed by atoms with E-state index in [1.165, 1.54) is 7.11 Å². The van der Waals surface area contributed by atoms with E-state index in [4.69, 9.17) is 4.74 Å². The molecule has 2 N–H and O–H groups in total. The third-order valence-corrected chi connectivity index (χ3v) is 4.26. The number of hydrogen-bond donors (Lipinski definition) is 2. The minimum atomic E-state index is 0.133. The Morgan fingerprint density at radius 3 is 2.87 bits per heavy atom. The maximum atomic E-state index is 9.84. The van der Waals surface area contributed by atoms with Gasteiger partial charge in [-0.25, -0.2) is 10.4 Å². The molecule has 0 aliphatic carbocycles. The van der Waals surface area contributed by atoms with Gasteiger partial charge in [-0.05, 0) is 52.4 Å². The highest BCUT2D eigenvalue weighted by atomic mass is 127. The number of benzene rings is 2. The van der Waals surface area contributed by atoms with Crippen LogP contribution in [0.2, 0.25) is 0 Å². The fraction of sp³-hybridized carbons (Fsp3) is 0.125. The Morgan fingerprint density at radius 2 is 2.13 bits per heavy atom. The Bertz CT molecular complexity index is 889. The van der Waals surface area contributed by atoms with Crippen LogP contribution in [0.5, 0.6) is 11.5 Å². The molecule has 2 aromatic carbocycles. The molecule has 0 aliphatic heterocycles. The highest BCUT2D eigenvalue weighted by Crippen LogP contribution is 2.31. The summed E-state index contributed by atoms with van der Waals surface area (Å²) in [4.78, 5) is 4.48.